The molecule has 0 aromatic carbocycles. The minimum atomic E-state index is -0.375. The summed E-state index contributed by atoms with van der Waals surface area (Å²) < 4.78 is 1.38. The first-order valence-electron chi connectivity index (χ1n) is 9.65. The molecule has 0 N–H and O–H groups in total. The highest BCUT2D eigenvalue weighted by Crippen LogP contribution is 2.29. The van der Waals surface area contributed by atoms with Crippen molar-refractivity contribution in [1.82, 2.24) is 19.2 Å². The van der Waals surface area contributed by atoms with Gasteiger partial charge in [-0.1, -0.05) is 17.7 Å². The molecule has 0 spiro atoms. The molecular formula is C21H24N4O3. The number of carbonyl (C=O) groups excluding carboxylic acids is 2. The second-order valence-corrected chi connectivity index (χ2v) is 7.82. The molecule has 7 nitrogen and oxygen atoms in total. The molecule has 2 amide bonds. The number of piperidine rings is 1. The SMILES string of the molecule is CC(C)=CCN1C(=O)[C@H]2CC[C@@H]1CN(C(=O)c1cnc3ccccn3c1=O)C2. The number of amides is 2. The minimum absolute atomic E-state index is 0.0121. The molecule has 5 rings (SSSR count). The summed E-state index contributed by atoms with van der Waals surface area (Å²) in [5.41, 5.74) is 1.34. The van der Waals surface area contributed by atoms with Crippen LogP contribution in [0.25, 0.3) is 5.65 Å². The molecule has 2 atom stereocenters. The number of hydrogen-bond acceptors (Lipinski definition) is 4. The van der Waals surface area contributed by atoms with Crippen molar-refractivity contribution in [3.63, 3.8) is 0 Å². The fourth-order valence-corrected chi connectivity index (χ4v) is 4.07. The third-order valence-electron chi connectivity index (χ3n) is 5.62. The Morgan fingerprint density at radius 1 is 1.21 bits per heavy atom. The van der Waals surface area contributed by atoms with Gasteiger partial charge < -0.3 is 9.80 Å². The van der Waals surface area contributed by atoms with Gasteiger partial charge in [-0.05, 0) is 38.8 Å². The van der Waals surface area contributed by atoms with E-state index in [4.69, 9.17) is 0 Å². The quantitative estimate of drug-likeness (QED) is 0.760. The molecule has 28 heavy (non-hydrogen) atoms. The summed E-state index contributed by atoms with van der Waals surface area (Å²) in [6.45, 7) is 5.41. The molecule has 3 saturated heterocycles. The number of rotatable bonds is 3. The van der Waals surface area contributed by atoms with Gasteiger partial charge in [0.25, 0.3) is 11.5 Å². The third-order valence-corrected chi connectivity index (χ3v) is 5.62. The van der Waals surface area contributed by atoms with Crippen molar-refractivity contribution in [1.29, 1.82) is 0 Å². The maximum Gasteiger partial charge on any atom is 0.270 e. The van der Waals surface area contributed by atoms with Gasteiger partial charge in [-0.15, -0.1) is 0 Å². The van der Waals surface area contributed by atoms with Gasteiger partial charge in [0.15, 0.2) is 0 Å². The lowest BCUT2D eigenvalue weighted by molar-refractivity contribution is -0.139. The summed E-state index contributed by atoms with van der Waals surface area (Å²) in [4.78, 5) is 46.6. The summed E-state index contributed by atoms with van der Waals surface area (Å²) in [7, 11) is 0. The lowest BCUT2D eigenvalue weighted by Gasteiger charge is -2.35. The smallest absolute Gasteiger partial charge is 0.270 e. The Morgan fingerprint density at radius 3 is 2.82 bits per heavy atom. The molecule has 0 aliphatic carbocycles. The van der Waals surface area contributed by atoms with Gasteiger partial charge in [0, 0.05) is 38.1 Å². The Balaban J connectivity index is 1.63. The predicted molar refractivity (Wildman–Crippen MR) is 105 cm³/mol. The molecule has 2 aromatic rings. The number of hydrogen-bond donors (Lipinski definition) is 0. The zero-order valence-corrected chi connectivity index (χ0v) is 16.2. The number of aromatic nitrogens is 2. The Labute approximate surface area is 163 Å². The molecular weight excluding hydrogens is 356 g/mol. The molecule has 2 bridgehead atoms. The largest absolute Gasteiger partial charge is 0.336 e. The van der Waals surface area contributed by atoms with Crippen LogP contribution in [0.2, 0.25) is 0 Å². The normalized spacial score (nSPS) is 21.7. The molecule has 2 aromatic heterocycles. The molecule has 0 saturated carbocycles. The number of pyridine rings is 1. The maximum absolute atomic E-state index is 13.1. The molecule has 0 radical (unpaired) electrons. The van der Waals surface area contributed by atoms with Crippen LogP contribution in [0, 0.1) is 5.92 Å². The highest BCUT2D eigenvalue weighted by Gasteiger charge is 2.41. The fraction of sp³-hybridized carbons (Fsp3) is 0.429. The van der Waals surface area contributed by atoms with Crippen LogP contribution in [-0.2, 0) is 4.79 Å². The number of nitrogens with zero attached hydrogens (tertiary/aromatic N) is 4. The summed E-state index contributed by atoms with van der Waals surface area (Å²) in [5.74, 6) is -0.439. The van der Waals surface area contributed by atoms with Crippen molar-refractivity contribution in [2.75, 3.05) is 19.6 Å². The second-order valence-electron chi connectivity index (χ2n) is 7.82. The van der Waals surface area contributed by atoms with E-state index in [-0.39, 0.29) is 34.9 Å². The van der Waals surface area contributed by atoms with E-state index >= 15 is 0 Å². The van der Waals surface area contributed by atoms with Crippen molar-refractivity contribution in [2.45, 2.75) is 32.7 Å². The number of carbonyl (C=O) groups is 2. The van der Waals surface area contributed by atoms with Crippen LogP contribution in [0.5, 0.6) is 0 Å². The molecule has 146 valence electrons. The highest BCUT2D eigenvalue weighted by molar-refractivity contribution is 5.94. The molecule has 3 aliphatic heterocycles. The van der Waals surface area contributed by atoms with Gasteiger partial charge in [-0.25, -0.2) is 4.98 Å². The van der Waals surface area contributed by atoms with Gasteiger partial charge in [0.2, 0.25) is 5.91 Å². The van der Waals surface area contributed by atoms with E-state index in [0.717, 1.165) is 18.4 Å². The summed E-state index contributed by atoms with van der Waals surface area (Å²) in [6.07, 6.45) is 6.68. The lowest BCUT2D eigenvalue weighted by atomic mass is 9.94. The Morgan fingerprint density at radius 2 is 2.04 bits per heavy atom. The van der Waals surface area contributed by atoms with Crippen LogP contribution in [0.4, 0.5) is 0 Å². The van der Waals surface area contributed by atoms with Crippen molar-refractivity contribution in [3.05, 3.63) is 58.2 Å². The van der Waals surface area contributed by atoms with E-state index in [2.05, 4.69) is 4.98 Å². The maximum atomic E-state index is 13.1. The first-order valence-corrected chi connectivity index (χ1v) is 9.65. The minimum Gasteiger partial charge on any atom is -0.336 e. The van der Waals surface area contributed by atoms with Crippen LogP contribution in [0.1, 0.15) is 37.0 Å². The van der Waals surface area contributed by atoms with Crippen molar-refractivity contribution >= 4 is 17.5 Å². The van der Waals surface area contributed by atoms with E-state index in [1.165, 1.54) is 10.6 Å². The van der Waals surface area contributed by atoms with Crippen LogP contribution in [-0.4, -0.2) is 56.7 Å². The Bertz CT molecular complexity index is 1020. The fourth-order valence-electron chi connectivity index (χ4n) is 4.07. The summed E-state index contributed by atoms with van der Waals surface area (Å²) in [5, 5.41) is 0. The Hall–Kier alpha value is -2.96. The number of fused-ring (bicyclic) bond motifs is 5. The van der Waals surface area contributed by atoms with Gasteiger partial charge in [-0.3, -0.25) is 18.8 Å². The van der Waals surface area contributed by atoms with Crippen molar-refractivity contribution in [3.8, 4) is 0 Å². The molecule has 0 unspecified atom stereocenters. The Kier molecular flexibility index (Phi) is 4.75. The van der Waals surface area contributed by atoms with Crippen molar-refractivity contribution < 1.29 is 9.59 Å². The first-order chi connectivity index (χ1) is 13.5. The van der Waals surface area contributed by atoms with E-state index in [1.54, 1.807) is 29.3 Å². The van der Waals surface area contributed by atoms with E-state index in [0.29, 0.717) is 25.3 Å². The first kappa shape index (κ1) is 18.4. The second kappa shape index (κ2) is 7.22. The summed E-state index contributed by atoms with van der Waals surface area (Å²) in [6, 6.07) is 5.24. The van der Waals surface area contributed by atoms with Crippen molar-refractivity contribution in [2.24, 2.45) is 5.92 Å². The van der Waals surface area contributed by atoms with E-state index in [9.17, 15) is 14.4 Å². The van der Waals surface area contributed by atoms with Crippen LogP contribution in [0.15, 0.2) is 47.0 Å². The van der Waals surface area contributed by atoms with Crippen LogP contribution < -0.4 is 5.56 Å². The summed E-state index contributed by atoms with van der Waals surface area (Å²) >= 11 is 0. The van der Waals surface area contributed by atoms with Crippen LogP contribution >= 0.6 is 0 Å². The third kappa shape index (κ3) is 3.21. The zero-order chi connectivity index (χ0) is 19.8. The highest BCUT2D eigenvalue weighted by atomic mass is 16.2. The lowest BCUT2D eigenvalue weighted by Crippen LogP contribution is -2.48. The van der Waals surface area contributed by atoms with Crippen LogP contribution in [0.3, 0.4) is 0 Å². The standard InChI is InChI=1S/C21H24N4O3/c1-14(2)8-10-24-16-7-6-15(19(24)26)12-23(13-16)20(27)17-11-22-18-5-3-4-9-25(18)21(17)28/h3-5,8-9,11,15-16H,6-7,10,12-13H2,1-2H3/t15-,16+/m0/s1. The molecule has 3 aliphatic rings. The average Bonchev–Trinajstić information content (AvgIpc) is 2.97. The van der Waals surface area contributed by atoms with Gasteiger partial charge in [0.05, 0.1) is 5.92 Å². The molecule has 3 fully saturated rings. The zero-order valence-electron chi connectivity index (χ0n) is 16.2. The monoisotopic (exact) mass is 380 g/mol. The van der Waals surface area contributed by atoms with Gasteiger partial charge >= 0.3 is 0 Å². The van der Waals surface area contributed by atoms with Gasteiger partial charge in [0.1, 0.15) is 11.2 Å². The molecule has 5 heterocycles. The topological polar surface area (TPSA) is 75.0 Å². The predicted octanol–water partition coefficient (Wildman–Crippen LogP) is 1.72. The number of allylic oxidation sites excluding steroid dienone is 1. The van der Waals surface area contributed by atoms with Gasteiger partial charge in [-0.2, -0.15) is 0 Å². The average molecular weight is 380 g/mol. The van der Waals surface area contributed by atoms with E-state index < -0.39 is 0 Å². The molecule has 7 heteroatoms. The van der Waals surface area contributed by atoms with E-state index in [1.807, 2.05) is 24.8 Å².